The van der Waals surface area contributed by atoms with Gasteiger partial charge >= 0.3 is 0 Å². The molecule has 2 aliphatic heterocycles. The Labute approximate surface area is 121 Å². The molecule has 0 bridgehead atoms. The summed E-state index contributed by atoms with van der Waals surface area (Å²) in [5, 5.41) is 4.96. The highest BCUT2D eigenvalue weighted by molar-refractivity contribution is 8.14. The van der Waals surface area contributed by atoms with E-state index in [-0.39, 0.29) is 0 Å². The second-order valence-electron chi connectivity index (χ2n) is 6.34. The molecule has 0 aromatic carbocycles. The summed E-state index contributed by atoms with van der Waals surface area (Å²) >= 11 is 1.96. The van der Waals surface area contributed by atoms with Gasteiger partial charge in [-0.3, -0.25) is 4.99 Å². The number of nitrogens with one attached hydrogen (secondary N) is 1. The highest BCUT2D eigenvalue weighted by atomic mass is 32.2. The second kappa shape index (κ2) is 6.49. The number of nitrogens with zero attached hydrogens (tertiary/aromatic N) is 2. The van der Waals surface area contributed by atoms with Gasteiger partial charge in [-0.1, -0.05) is 31.0 Å². The minimum atomic E-state index is 0.413. The Morgan fingerprint density at radius 2 is 1.89 bits per heavy atom. The topological polar surface area (TPSA) is 27.6 Å². The molecular weight excluding hydrogens is 254 g/mol. The molecule has 3 fully saturated rings. The summed E-state index contributed by atoms with van der Waals surface area (Å²) in [7, 11) is 0. The summed E-state index contributed by atoms with van der Waals surface area (Å²) in [6.45, 7) is 4.87. The van der Waals surface area contributed by atoms with Gasteiger partial charge < -0.3 is 10.2 Å². The van der Waals surface area contributed by atoms with Gasteiger partial charge in [0.25, 0.3) is 0 Å². The summed E-state index contributed by atoms with van der Waals surface area (Å²) < 4.78 is 0. The molecule has 1 saturated carbocycles. The lowest BCUT2D eigenvalue weighted by molar-refractivity contribution is 0.303. The van der Waals surface area contributed by atoms with Gasteiger partial charge in [0.1, 0.15) is 0 Å². The fraction of sp³-hybridized carbons (Fsp3) is 0.933. The van der Waals surface area contributed by atoms with E-state index in [0.717, 1.165) is 6.54 Å². The molecule has 19 heavy (non-hydrogen) atoms. The van der Waals surface area contributed by atoms with Crippen LogP contribution < -0.4 is 5.32 Å². The second-order valence-corrected chi connectivity index (χ2v) is 7.31. The third-order valence-corrected chi connectivity index (χ3v) is 5.96. The zero-order chi connectivity index (χ0) is 13.0. The predicted molar refractivity (Wildman–Crippen MR) is 84.0 cm³/mol. The van der Waals surface area contributed by atoms with Gasteiger partial charge in [-0.15, -0.1) is 0 Å². The SMILES string of the molecule is C1CCC2(CC1)CSC(=NCCCN1CCCC1)N2. The largest absolute Gasteiger partial charge is 0.359 e. The van der Waals surface area contributed by atoms with Crippen molar-refractivity contribution >= 4 is 16.9 Å². The summed E-state index contributed by atoms with van der Waals surface area (Å²) in [4.78, 5) is 7.36. The van der Waals surface area contributed by atoms with Gasteiger partial charge in [-0.2, -0.15) is 0 Å². The van der Waals surface area contributed by atoms with Gasteiger partial charge in [0.05, 0.1) is 0 Å². The first kappa shape index (κ1) is 13.7. The molecule has 0 aromatic heterocycles. The van der Waals surface area contributed by atoms with E-state index in [1.807, 2.05) is 11.8 Å². The van der Waals surface area contributed by atoms with E-state index in [0.29, 0.717) is 5.54 Å². The predicted octanol–water partition coefficient (Wildman–Crippen LogP) is 2.87. The van der Waals surface area contributed by atoms with Crippen molar-refractivity contribution in [3.05, 3.63) is 0 Å². The molecule has 0 radical (unpaired) electrons. The van der Waals surface area contributed by atoms with E-state index in [1.54, 1.807) is 0 Å². The molecule has 4 heteroatoms. The number of rotatable bonds is 4. The Hall–Kier alpha value is -0.220. The number of amidine groups is 1. The molecule has 108 valence electrons. The quantitative estimate of drug-likeness (QED) is 0.803. The maximum atomic E-state index is 4.78. The molecule has 1 spiro atoms. The fourth-order valence-corrected chi connectivity index (χ4v) is 4.81. The zero-order valence-electron chi connectivity index (χ0n) is 12.0. The average molecular weight is 281 g/mol. The van der Waals surface area contributed by atoms with Crippen LogP contribution in [-0.4, -0.2) is 47.5 Å². The lowest BCUT2D eigenvalue weighted by atomic mass is 9.83. The summed E-state index contributed by atoms with van der Waals surface area (Å²) in [5.74, 6) is 1.25. The van der Waals surface area contributed by atoms with Crippen LogP contribution in [0.15, 0.2) is 4.99 Å². The first-order valence-electron chi connectivity index (χ1n) is 8.04. The Balaban J connectivity index is 1.38. The van der Waals surface area contributed by atoms with E-state index < -0.39 is 0 Å². The summed E-state index contributed by atoms with van der Waals surface area (Å²) in [5.41, 5.74) is 0.413. The smallest absolute Gasteiger partial charge is 0.157 e. The fourth-order valence-electron chi connectivity index (χ4n) is 3.57. The molecular formula is C15H27N3S. The van der Waals surface area contributed by atoms with Crippen molar-refractivity contribution < 1.29 is 0 Å². The third-order valence-electron chi connectivity index (χ3n) is 4.75. The monoisotopic (exact) mass is 281 g/mol. The minimum Gasteiger partial charge on any atom is -0.359 e. The lowest BCUT2D eigenvalue weighted by Crippen LogP contribution is -2.45. The van der Waals surface area contributed by atoms with Gasteiger partial charge in [-0.25, -0.2) is 0 Å². The number of hydrogen-bond donors (Lipinski definition) is 1. The molecule has 1 N–H and O–H groups in total. The van der Waals surface area contributed by atoms with Crippen molar-refractivity contribution in [1.29, 1.82) is 0 Å². The zero-order valence-corrected chi connectivity index (χ0v) is 12.8. The van der Waals surface area contributed by atoms with Gasteiger partial charge in [0.15, 0.2) is 5.17 Å². The summed E-state index contributed by atoms with van der Waals surface area (Å²) in [6.07, 6.45) is 10.9. The molecule has 3 nitrogen and oxygen atoms in total. The number of thioether (sulfide) groups is 1. The first-order valence-corrected chi connectivity index (χ1v) is 9.03. The Kier molecular flexibility index (Phi) is 4.69. The van der Waals surface area contributed by atoms with Gasteiger partial charge in [0, 0.05) is 17.8 Å². The molecule has 3 rings (SSSR count). The van der Waals surface area contributed by atoms with Crippen LogP contribution in [0.4, 0.5) is 0 Å². The standard InChI is InChI=1S/C15H27N3S/c1-2-7-15(8-3-1)13-19-14(17-15)16-9-6-12-18-10-4-5-11-18/h1-13H2,(H,16,17). The molecule has 2 saturated heterocycles. The van der Waals surface area contributed by atoms with Crippen molar-refractivity contribution in [2.75, 3.05) is 31.9 Å². The first-order chi connectivity index (χ1) is 9.36. The number of likely N-dealkylation sites (tertiary alicyclic amines) is 1. The normalized spacial score (nSPS) is 29.2. The average Bonchev–Trinajstić information content (AvgIpc) is 3.07. The van der Waals surface area contributed by atoms with E-state index in [1.165, 1.54) is 81.9 Å². The third kappa shape index (κ3) is 3.66. The van der Waals surface area contributed by atoms with Crippen LogP contribution in [0.25, 0.3) is 0 Å². The Morgan fingerprint density at radius 3 is 2.68 bits per heavy atom. The molecule has 0 amide bonds. The van der Waals surface area contributed by atoms with E-state index in [2.05, 4.69) is 10.2 Å². The maximum Gasteiger partial charge on any atom is 0.157 e. The lowest BCUT2D eigenvalue weighted by Gasteiger charge is -2.32. The van der Waals surface area contributed by atoms with Gasteiger partial charge in [-0.05, 0) is 51.7 Å². The van der Waals surface area contributed by atoms with Crippen molar-refractivity contribution in [2.45, 2.75) is 56.9 Å². The number of aliphatic imine (C=N–C) groups is 1. The van der Waals surface area contributed by atoms with E-state index >= 15 is 0 Å². The van der Waals surface area contributed by atoms with Gasteiger partial charge in [0.2, 0.25) is 0 Å². The molecule has 0 atom stereocenters. The van der Waals surface area contributed by atoms with Crippen molar-refractivity contribution in [2.24, 2.45) is 4.99 Å². The maximum absolute atomic E-state index is 4.78. The van der Waals surface area contributed by atoms with Crippen LogP contribution in [0.5, 0.6) is 0 Å². The van der Waals surface area contributed by atoms with Crippen molar-refractivity contribution in [1.82, 2.24) is 10.2 Å². The van der Waals surface area contributed by atoms with E-state index in [9.17, 15) is 0 Å². The van der Waals surface area contributed by atoms with Crippen LogP contribution in [0.3, 0.4) is 0 Å². The molecule has 3 aliphatic rings. The van der Waals surface area contributed by atoms with E-state index in [4.69, 9.17) is 4.99 Å². The summed E-state index contributed by atoms with van der Waals surface area (Å²) in [6, 6.07) is 0. The Morgan fingerprint density at radius 1 is 1.11 bits per heavy atom. The number of hydrogen-bond acceptors (Lipinski definition) is 3. The van der Waals surface area contributed by atoms with Crippen LogP contribution in [0, 0.1) is 0 Å². The molecule has 0 unspecified atom stereocenters. The highest BCUT2D eigenvalue weighted by Gasteiger charge is 2.37. The van der Waals surface area contributed by atoms with Crippen LogP contribution in [0.1, 0.15) is 51.4 Å². The highest BCUT2D eigenvalue weighted by Crippen LogP contribution is 2.36. The molecule has 2 heterocycles. The molecule has 0 aromatic rings. The van der Waals surface area contributed by atoms with Crippen LogP contribution in [-0.2, 0) is 0 Å². The molecule has 1 aliphatic carbocycles. The van der Waals surface area contributed by atoms with Crippen LogP contribution in [0.2, 0.25) is 0 Å². The Bertz CT molecular complexity index is 317. The van der Waals surface area contributed by atoms with Crippen LogP contribution >= 0.6 is 11.8 Å². The van der Waals surface area contributed by atoms with Crippen molar-refractivity contribution in [3.63, 3.8) is 0 Å². The minimum absolute atomic E-state index is 0.413. The van der Waals surface area contributed by atoms with Crippen molar-refractivity contribution in [3.8, 4) is 0 Å².